The number of hydrogen-bond acceptors (Lipinski definition) is 4. The molecule has 0 aromatic heterocycles. The maximum atomic E-state index is 13.2. The van der Waals surface area contributed by atoms with Gasteiger partial charge in [0, 0.05) is 34.7 Å². The summed E-state index contributed by atoms with van der Waals surface area (Å²) in [5.41, 5.74) is 0.125. The Morgan fingerprint density at radius 1 is 1.03 bits per heavy atom. The fourth-order valence-corrected chi connectivity index (χ4v) is 8.82. The molecular formula is C29H34BrF3O4. The minimum absolute atomic E-state index is 0.0454. The number of halogens is 4. The van der Waals surface area contributed by atoms with Crippen LogP contribution < -0.4 is 0 Å². The molecule has 4 nitrogen and oxygen atoms in total. The molecule has 6 rings (SSSR count). The van der Waals surface area contributed by atoms with E-state index in [0.29, 0.717) is 58.2 Å². The summed E-state index contributed by atoms with van der Waals surface area (Å²) in [6.07, 6.45) is 1.35. The zero-order valence-electron chi connectivity index (χ0n) is 21.0. The molecule has 3 saturated carbocycles. The van der Waals surface area contributed by atoms with Crippen molar-refractivity contribution in [2.75, 3.05) is 13.2 Å². The van der Waals surface area contributed by atoms with Gasteiger partial charge in [0.15, 0.2) is 5.79 Å². The highest BCUT2D eigenvalue weighted by atomic mass is 79.9. The first kappa shape index (κ1) is 26.1. The molecule has 1 aliphatic heterocycles. The second-order valence-electron chi connectivity index (χ2n) is 12.1. The summed E-state index contributed by atoms with van der Waals surface area (Å²) < 4.78 is 52.4. The lowest BCUT2D eigenvalue weighted by Crippen LogP contribution is -2.55. The fourth-order valence-electron chi connectivity index (χ4n) is 8.55. The fraction of sp³-hybridized carbons (Fsp3) is 0.655. The molecule has 37 heavy (non-hydrogen) atoms. The molecule has 2 N–H and O–H groups in total. The molecule has 1 aromatic rings. The van der Waals surface area contributed by atoms with Crippen molar-refractivity contribution in [1.29, 1.82) is 0 Å². The zero-order chi connectivity index (χ0) is 26.3. The monoisotopic (exact) mass is 582 g/mol. The van der Waals surface area contributed by atoms with Gasteiger partial charge in [-0.05, 0) is 79.7 Å². The standard InChI is InChI=1S/C29H34BrF3O4/c1-25-16-21(18-2-4-19(30)5-3-18)24-20(22(25)7-10-27(25,35)12-13-29(31,32)33)6-9-26(34)17-28(11-8-23(24)26)36-14-15-37-28/h2-5,12-13,20-22,34-35H,6-11,14-17H2,1H3/b13-12+/t20?,21-,22?,25+,26-,27-/m1/s1. The smallest absolute Gasteiger partial charge is 0.385 e. The van der Waals surface area contributed by atoms with Crippen molar-refractivity contribution < 1.29 is 32.9 Å². The van der Waals surface area contributed by atoms with E-state index < -0.39 is 28.6 Å². The van der Waals surface area contributed by atoms with Crippen molar-refractivity contribution >= 4 is 15.9 Å². The predicted molar refractivity (Wildman–Crippen MR) is 136 cm³/mol. The molecule has 0 radical (unpaired) electrons. The third-order valence-corrected chi connectivity index (χ3v) is 10.8. The Balaban J connectivity index is 1.46. The SMILES string of the molecule is C[C@]12C[C@H](c3ccc(Br)cc3)C3=C4CCC5(C[C@]4(O)CCC3C1CC[C@@]2(O)/C=C/C(F)(F)F)OCCO5. The van der Waals surface area contributed by atoms with E-state index in [1.807, 2.05) is 19.1 Å². The van der Waals surface area contributed by atoms with E-state index in [2.05, 4.69) is 28.1 Å². The molecule has 8 heteroatoms. The lowest BCUT2D eigenvalue weighted by molar-refractivity contribution is -0.208. The lowest BCUT2D eigenvalue weighted by Gasteiger charge is -2.57. The molecule has 1 aromatic carbocycles. The van der Waals surface area contributed by atoms with E-state index in [-0.39, 0.29) is 23.8 Å². The number of hydrogen-bond donors (Lipinski definition) is 2. The van der Waals surface area contributed by atoms with Crippen LogP contribution in [0.1, 0.15) is 69.8 Å². The molecule has 1 heterocycles. The summed E-state index contributed by atoms with van der Waals surface area (Å²) in [5, 5.41) is 23.8. The average molecular weight is 583 g/mol. The van der Waals surface area contributed by atoms with Gasteiger partial charge in [0.05, 0.1) is 24.4 Å². The second kappa shape index (κ2) is 8.65. The van der Waals surface area contributed by atoms with Crippen molar-refractivity contribution in [3.8, 4) is 0 Å². The van der Waals surface area contributed by atoms with Crippen LogP contribution in [0.5, 0.6) is 0 Å². The highest BCUT2D eigenvalue weighted by Gasteiger charge is 2.64. The highest BCUT2D eigenvalue weighted by molar-refractivity contribution is 9.10. The Bertz CT molecular complexity index is 1120. The van der Waals surface area contributed by atoms with Crippen molar-refractivity contribution in [1.82, 2.24) is 0 Å². The van der Waals surface area contributed by atoms with Crippen LogP contribution in [0.25, 0.3) is 0 Å². The molecule has 4 fully saturated rings. The van der Waals surface area contributed by atoms with Crippen molar-refractivity contribution in [3.63, 3.8) is 0 Å². The lowest BCUT2D eigenvalue weighted by atomic mass is 9.49. The Kier molecular flexibility index (Phi) is 6.09. The van der Waals surface area contributed by atoms with Crippen molar-refractivity contribution in [3.05, 3.63) is 57.6 Å². The quantitative estimate of drug-likeness (QED) is 0.387. The van der Waals surface area contributed by atoms with E-state index in [1.54, 1.807) is 0 Å². The van der Waals surface area contributed by atoms with E-state index in [4.69, 9.17) is 9.47 Å². The summed E-state index contributed by atoms with van der Waals surface area (Å²) >= 11 is 3.51. The highest BCUT2D eigenvalue weighted by Crippen LogP contribution is 2.68. The molecule has 1 saturated heterocycles. The molecule has 0 amide bonds. The zero-order valence-corrected chi connectivity index (χ0v) is 22.6. The molecule has 202 valence electrons. The summed E-state index contributed by atoms with van der Waals surface area (Å²) in [7, 11) is 0. The van der Waals surface area contributed by atoms with Crippen LogP contribution in [0, 0.1) is 17.3 Å². The summed E-state index contributed by atoms with van der Waals surface area (Å²) in [5.74, 6) is -0.665. The summed E-state index contributed by atoms with van der Waals surface area (Å²) in [4.78, 5) is 0. The third-order valence-electron chi connectivity index (χ3n) is 10.3. The van der Waals surface area contributed by atoms with Gasteiger partial charge in [-0.3, -0.25) is 0 Å². The molecule has 4 aliphatic carbocycles. The van der Waals surface area contributed by atoms with Crippen molar-refractivity contribution in [2.45, 2.75) is 87.4 Å². The van der Waals surface area contributed by atoms with Crippen LogP contribution >= 0.6 is 15.9 Å². The van der Waals surface area contributed by atoms with Gasteiger partial charge >= 0.3 is 6.18 Å². The van der Waals surface area contributed by atoms with E-state index in [9.17, 15) is 23.4 Å². The molecule has 6 atom stereocenters. The van der Waals surface area contributed by atoms with Crippen LogP contribution in [-0.4, -0.2) is 46.6 Å². The van der Waals surface area contributed by atoms with Gasteiger partial charge in [0.2, 0.25) is 0 Å². The number of ether oxygens (including phenoxy) is 2. The normalized spacial score (nSPS) is 41.2. The van der Waals surface area contributed by atoms with Crippen LogP contribution in [0.2, 0.25) is 0 Å². The van der Waals surface area contributed by atoms with Crippen LogP contribution in [0.4, 0.5) is 13.2 Å². The molecule has 2 unspecified atom stereocenters. The first-order valence-corrected chi connectivity index (χ1v) is 14.2. The van der Waals surface area contributed by atoms with E-state index in [1.165, 1.54) is 5.57 Å². The first-order chi connectivity index (χ1) is 17.4. The van der Waals surface area contributed by atoms with Gasteiger partial charge in [-0.15, -0.1) is 0 Å². The van der Waals surface area contributed by atoms with Gasteiger partial charge in [0.25, 0.3) is 0 Å². The van der Waals surface area contributed by atoms with Crippen molar-refractivity contribution in [2.24, 2.45) is 17.3 Å². The molecule has 5 aliphatic rings. The Morgan fingerprint density at radius 3 is 2.41 bits per heavy atom. The summed E-state index contributed by atoms with van der Waals surface area (Å²) in [6, 6.07) is 8.09. The van der Waals surface area contributed by atoms with E-state index in [0.717, 1.165) is 28.1 Å². The molecule has 0 bridgehead atoms. The van der Waals surface area contributed by atoms with Gasteiger partial charge in [-0.25, -0.2) is 0 Å². The number of rotatable bonds is 2. The number of alkyl halides is 3. The second-order valence-corrected chi connectivity index (χ2v) is 13.0. The minimum Gasteiger partial charge on any atom is -0.385 e. The minimum atomic E-state index is -4.47. The van der Waals surface area contributed by atoms with Gasteiger partial charge in [-0.1, -0.05) is 40.6 Å². The maximum Gasteiger partial charge on any atom is 0.409 e. The maximum absolute atomic E-state index is 13.2. The average Bonchev–Trinajstić information content (AvgIpc) is 3.38. The van der Waals surface area contributed by atoms with Gasteiger partial charge in [0.1, 0.15) is 0 Å². The van der Waals surface area contributed by atoms with Crippen LogP contribution in [0.3, 0.4) is 0 Å². The Hall–Kier alpha value is -1.19. The topological polar surface area (TPSA) is 58.9 Å². The van der Waals surface area contributed by atoms with Crippen LogP contribution in [0.15, 0.2) is 52.0 Å². The Labute approximate surface area is 224 Å². The molecular weight excluding hydrogens is 549 g/mol. The first-order valence-electron chi connectivity index (χ1n) is 13.4. The predicted octanol–water partition coefficient (Wildman–Crippen LogP) is 6.57. The number of fused-ring (bicyclic) bond motifs is 4. The van der Waals surface area contributed by atoms with Crippen LogP contribution in [-0.2, 0) is 9.47 Å². The van der Waals surface area contributed by atoms with E-state index >= 15 is 0 Å². The largest absolute Gasteiger partial charge is 0.409 e. The van der Waals surface area contributed by atoms with Gasteiger partial charge in [-0.2, -0.15) is 13.2 Å². The molecule has 1 spiro atoms. The number of allylic oxidation sites excluding steroid dienone is 2. The Morgan fingerprint density at radius 2 is 1.73 bits per heavy atom. The summed E-state index contributed by atoms with van der Waals surface area (Å²) in [6.45, 7) is 3.06. The van der Waals surface area contributed by atoms with Gasteiger partial charge < -0.3 is 19.7 Å². The number of benzene rings is 1. The third kappa shape index (κ3) is 4.17. The number of aliphatic hydroxyl groups is 2.